The summed E-state index contributed by atoms with van der Waals surface area (Å²) < 4.78 is 48.8. The molecule has 176 valence electrons. The van der Waals surface area contributed by atoms with Crippen LogP contribution in [0, 0.1) is 14.3 Å². The maximum absolute atomic E-state index is 14.7. The fourth-order valence-electron chi connectivity index (χ4n) is 4.11. The number of rotatable bonds is 5. The molecule has 0 unspecified atom stereocenters. The molecule has 1 aromatic heterocycles. The van der Waals surface area contributed by atoms with Crippen LogP contribution in [0.2, 0.25) is 0 Å². The minimum absolute atomic E-state index is 0.100. The van der Waals surface area contributed by atoms with E-state index >= 15 is 0 Å². The van der Waals surface area contributed by atoms with Crippen LogP contribution in [0.5, 0.6) is 0 Å². The summed E-state index contributed by atoms with van der Waals surface area (Å²) in [6.45, 7) is 2.19. The summed E-state index contributed by atoms with van der Waals surface area (Å²) in [6.07, 6.45) is 0.345. The Morgan fingerprint density at radius 3 is 2.59 bits per heavy atom. The summed E-state index contributed by atoms with van der Waals surface area (Å²) in [6, 6.07) is 10.7. The monoisotopic (exact) mass is 595 g/mol. The fraction of sp³-hybridized carbons (Fsp3) is 0.273. The molecule has 34 heavy (non-hydrogen) atoms. The van der Waals surface area contributed by atoms with Gasteiger partial charge in [-0.2, -0.15) is 4.98 Å². The molecule has 1 saturated heterocycles. The molecule has 0 bridgehead atoms. The second-order valence-electron chi connectivity index (χ2n) is 7.82. The number of ether oxygens (including phenoxy) is 1. The zero-order valence-corrected chi connectivity index (χ0v) is 20.8. The predicted molar refractivity (Wildman–Crippen MR) is 133 cm³/mol. The first-order valence-electron chi connectivity index (χ1n) is 10.5. The van der Waals surface area contributed by atoms with E-state index in [9.17, 15) is 17.7 Å². The van der Waals surface area contributed by atoms with Crippen molar-refractivity contribution in [2.24, 2.45) is 5.18 Å². The Bertz CT molecular complexity index is 1380. The minimum Gasteiger partial charge on any atom is -0.378 e. The Balaban J connectivity index is 1.67. The first-order chi connectivity index (χ1) is 16.4. The lowest BCUT2D eigenvalue weighted by Crippen LogP contribution is -2.38. The van der Waals surface area contributed by atoms with Gasteiger partial charge in [0.25, 0.3) is 10.0 Å². The topological polar surface area (TPSA) is 105 Å². The van der Waals surface area contributed by atoms with Gasteiger partial charge in [-0.3, -0.25) is 0 Å². The smallest absolute Gasteiger partial charge is 0.268 e. The van der Waals surface area contributed by atoms with Crippen LogP contribution in [0.25, 0.3) is 11.3 Å². The Labute approximate surface area is 209 Å². The number of morpholine rings is 1. The van der Waals surface area contributed by atoms with Gasteiger partial charge in [-0.15, -0.1) is 4.91 Å². The second-order valence-corrected chi connectivity index (χ2v) is 10.9. The molecule has 2 aliphatic rings. The van der Waals surface area contributed by atoms with Crippen LogP contribution in [-0.2, 0) is 21.2 Å². The van der Waals surface area contributed by atoms with Crippen molar-refractivity contribution < 1.29 is 17.5 Å². The summed E-state index contributed by atoms with van der Waals surface area (Å²) in [7, 11) is -4.21. The van der Waals surface area contributed by atoms with Gasteiger partial charge in [-0.1, -0.05) is 12.1 Å². The summed E-state index contributed by atoms with van der Waals surface area (Å²) in [4.78, 5) is 22.0. The molecular formula is C22H19FIN5O4S. The molecule has 1 fully saturated rings. The Hall–Kier alpha value is -2.71. The number of hydrogen-bond acceptors (Lipinski definition) is 8. The third-order valence-electron chi connectivity index (χ3n) is 5.76. The van der Waals surface area contributed by atoms with Crippen molar-refractivity contribution >= 4 is 50.1 Å². The highest BCUT2D eigenvalue weighted by molar-refractivity contribution is 14.1. The van der Waals surface area contributed by atoms with Crippen molar-refractivity contribution in [3.63, 3.8) is 0 Å². The van der Waals surface area contributed by atoms with Crippen molar-refractivity contribution in [3.8, 4) is 11.3 Å². The van der Waals surface area contributed by atoms with E-state index in [0.717, 1.165) is 4.31 Å². The highest BCUT2D eigenvalue weighted by atomic mass is 127. The fourth-order valence-corrected chi connectivity index (χ4v) is 6.05. The van der Waals surface area contributed by atoms with E-state index in [2.05, 4.69) is 10.2 Å². The quantitative estimate of drug-likeness (QED) is 0.326. The summed E-state index contributed by atoms with van der Waals surface area (Å²) >= 11 is 1.93. The highest BCUT2D eigenvalue weighted by Gasteiger charge is 2.37. The van der Waals surface area contributed by atoms with E-state index in [-0.39, 0.29) is 18.1 Å². The van der Waals surface area contributed by atoms with Crippen molar-refractivity contribution in [1.82, 2.24) is 9.97 Å². The summed E-state index contributed by atoms with van der Waals surface area (Å²) in [5.74, 6) is -0.242. The van der Waals surface area contributed by atoms with E-state index in [1.807, 2.05) is 27.5 Å². The normalized spacial score (nSPS) is 15.9. The lowest BCUT2D eigenvalue weighted by atomic mass is 10.0. The number of anilines is 2. The van der Waals surface area contributed by atoms with Gasteiger partial charge in [0.05, 0.1) is 18.9 Å². The molecule has 0 aliphatic carbocycles. The van der Waals surface area contributed by atoms with Crippen molar-refractivity contribution in [2.75, 3.05) is 42.1 Å². The van der Waals surface area contributed by atoms with Gasteiger partial charge < -0.3 is 9.64 Å². The number of halogens is 2. The maximum atomic E-state index is 14.7. The molecule has 9 nitrogen and oxygen atoms in total. The molecule has 12 heteroatoms. The van der Waals surface area contributed by atoms with Crippen molar-refractivity contribution in [2.45, 2.75) is 11.3 Å². The average Bonchev–Trinajstić information content (AvgIpc) is 3.29. The lowest BCUT2D eigenvalue weighted by Gasteiger charge is -2.28. The van der Waals surface area contributed by atoms with E-state index in [1.165, 1.54) is 12.1 Å². The second kappa shape index (κ2) is 9.15. The number of nitrogens with zero attached hydrogens (tertiary/aromatic N) is 5. The molecule has 5 rings (SSSR count). The molecule has 2 aliphatic heterocycles. The zero-order chi connectivity index (χ0) is 23.9. The molecule has 0 atom stereocenters. The number of hydrogen-bond donors (Lipinski definition) is 0. The van der Waals surface area contributed by atoms with E-state index in [0.29, 0.717) is 59.1 Å². The number of sulfonamides is 1. The number of nitroso groups, excluding NO2 is 1. The van der Waals surface area contributed by atoms with Gasteiger partial charge in [0, 0.05) is 34.3 Å². The van der Waals surface area contributed by atoms with Crippen molar-refractivity contribution in [1.29, 1.82) is 0 Å². The Kier molecular flexibility index (Phi) is 6.20. The predicted octanol–water partition coefficient (Wildman–Crippen LogP) is 3.87. The molecular weight excluding hydrogens is 576 g/mol. The Morgan fingerprint density at radius 1 is 1.06 bits per heavy atom. The third kappa shape index (κ3) is 4.14. The summed E-state index contributed by atoms with van der Waals surface area (Å²) in [5.41, 5.74) is 2.01. The molecule has 3 aromatic rings. The van der Waals surface area contributed by atoms with Crippen molar-refractivity contribution in [3.05, 3.63) is 62.3 Å². The molecule has 0 spiro atoms. The van der Waals surface area contributed by atoms with E-state index < -0.39 is 20.7 Å². The first-order valence-corrected chi connectivity index (χ1v) is 13.1. The third-order valence-corrected chi connectivity index (χ3v) is 8.25. The zero-order valence-electron chi connectivity index (χ0n) is 17.8. The van der Waals surface area contributed by atoms with Gasteiger partial charge in [-0.25, -0.2) is 22.1 Å². The molecule has 3 heterocycles. The lowest BCUT2D eigenvalue weighted by molar-refractivity contribution is 0.122. The highest BCUT2D eigenvalue weighted by Crippen LogP contribution is 2.39. The van der Waals surface area contributed by atoms with Crippen LogP contribution >= 0.6 is 22.6 Å². The molecule has 0 radical (unpaired) electrons. The average molecular weight is 595 g/mol. The first kappa shape index (κ1) is 23.1. The van der Waals surface area contributed by atoms with Crippen LogP contribution < -0.4 is 9.21 Å². The van der Waals surface area contributed by atoms with Gasteiger partial charge in [0.15, 0.2) is 5.82 Å². The van der Waals surface area contributed by atoms with Crippen LogP contribution in [-0.4, -0.2) is 51.2 Å². The van der Waals surface area contributed by atoms with E-state index in [4.69, 9.17) is 9.72 Å². The standard InChI is InChI=1S/C22H19FIN5O4S/c23-18-13-15(24)4-5-19(18)34(31,32)29-7-6-17-20(14-2-1-3-16(12-14)27-30)25-22(26-21(17)29)28-8-10-33-11-9-28/h1-5,12-13H,6-11H2. The van der Waals surface area contributed by atoms with Gasteiger partial charge in [0.2, 0.25) is 5.95 Å². The molecule has 2 aromatic carbocycles. The largest absolute Gasteiger partial charge is 0.378 e. The van der Waals surface area contributed by atoms with E-state index in [1.54, 1.807) is 30.3 Å². The van der Waals surface area contributed by atoms with Crippen LogP contribution in [0.3, 0.4) is 0 Å². The van der Waals surface area contributed by atoms with Gasteiger partial charge in [0.1, 0.15) is 16.4 Å². The van der Waals surface area contributed by atoms with Gasteiger partial charge >= 0.3 is 0 Å². The number of fused-ring (bicyclic) bond motifs is 1. The van der Waals surface area contributed by atoms with Gasteiger partial charge in [-0.05, 0) is 64.5 Å². The maximum Gasteiger partial charge on any atom is 0.268 e. The SMILES string of the molecule is O=Nc1cccc(-c2nc(N3CCOCC3)nc3c2CCN3S(=O)(=O)c2ccc(I)cc2F)c1. The van der Waals surface area contributed by atoms with Crippen LogP contribution in [0.15, 0.2) is 52.5 Å². The minimum atomic E-state index is -4.21. The number of aromatic nitrogens is 2. The van der Waals surface area contributed by atoms with Crippen LogP contribution in [0.1, 0.15) is 5.56 Å². The number of benzene rings is 2. The molecule has 0 amide bonds. The Morgan fingerprint density at radius 2 is 1.85 bits per heavy atom. The molecule has 0 N–H and O–H groups in total. The molecule has 0 saturated carbocycles. The van der Waals surface area contributed by atoms with Crippen LogP contribution in [0.4, 0.5) is 21.8 Å². The summed E-state index contributed by atoms with van der Waals surface area (Å²) in [5, 5.41) is 3.00.